The van der Waals surface area contributed by atoms with Crippen LogP contribution in [0.5, 0.6) is 0 Å². The smallest absolute Gasteiger partial charge is 0.251 e. The van der Waals surface area contributed by atoms with Crippen LogP contribution in [-0.2, 0) is 4.74 Å². The molecule has 1 fully saturated rings. The molecule has 0 bridgehead atoms. The first kappa shape index (κ1) is 18.4. The Balaban J connectivity index is 1.56. The highest BCUT2D eigenvalue weighted by Crippen LogP contribution is 2.20. The summed E-state index contributed by atoms with van der Waals surface area (Å²) in [7, 11) is 0. The molecular weight excluding hydrogens is 335 g/mol. The number of anilines is 1. The number of aliphatic hydroxyl groups is 1. The molecule has 0 spiro atoms. The van der Waals surface area contributed by atoms with Gasteiger partial charge in [-0.2, -0.15) is 0 Å². The van der Waals surface area contributed by atoms with Crippen LogP contribution in [0.3, 0.4) is 0 Å². The summed E-state index contributed by atoms with van der Waals surface area (Å²) in [5.74, 6) is -0.681. The lowest BCUT2D eigenvalue weighted by atomic mass is 10.1. The summed E-state index contributed by atoms with van der Waals surface area (Å²) in [6, 6.07) is 11.9. The fourth-order valence-corrected chi connectivity index (χ4v) is 2.92. The van der Waals surface area contributed by atoms with Gasteiger partial charge in [0.2, 0.25) is 0 Å². The Morgan fingerprint density at radius 2 is 1.92 bits per heavy atom. The zero-order valence-electron chi connectivity index (χ0n) is 14.7. The molecule has 0 saturated carbocycles. The minimum atomic E-state index is -0.806. The van der Waals surface area contributed by atoms with Crippen LogP contribution in [0.15, 0.2) is 42.5 Å². The maximum atomic E-state index is 13.3. The average Bonchev–Trinajstić information content (AvgIpc) is 2.68. The van der Waals surface area contributed by atoms with E-state index in [-0.39, 0.29) is 18.3 Å². The van der Waals surface area contributed by atoms with E-state index in [4.69, 9.17) is 4.74 Å². The molecule has 2 aromatic rings. The molecule has 1 atom stereocenters. The highest BCUT2D eigenvalue weighted by Gasteiger charge is 2.14. The highest BCUT2D eigenvalue weighted by molar-refractivity contribution is 5.94. The van der Waals surface area contributed by atoms with Gasteiger partial charge in [0, 0.05) is 30.9 Å². The summed E-state index contributed by atoms with van der Waals surface area (Å²) in [6.07, 6.45) is -0.806. The fraction of sp³-hybridized carbons (Fsp3) is 0.350. The van der Waals surface area contributed by atoms with E-state index < -0.39 is 6.10 Å². The topological polar surface area (TPSA) is 61.8 Å². The molecule has 2 aromatic carbocycles. The molecule has 1 heterocycles. The molecule has 1 unspecified atom stereocenters. The van der Waals surface area contributed by atoms with Crippen molar-refractivity contribution in [3.8, 4) is 0 Å². The van der Waals surface area contributed by atoms with Crippen LogP contribution in [0, 0.1) is 12.7 Å². The van der Waals surface area contributed by atoms with E-state index in [2.05, 4.69) is 10.2 Å². The van der Waals surface area contributed by atoms with Gasteiger partial charge in [0.1, 0.15) is 5.82 Å². The van der Waals surface area contributed by atoms with E-state index >= 15 is 0 Å². The van der Waals surface area contributed by atoms with Gasteiger partial charge < -0.3 is 20.1 Å². The van der Waals surface area contributed by atoms with E-state index in [1.54, 1.807) is 6.92 Å². The van der Waals surface area contributed by atoms with E-state index in [1.807, 2.05) is 24.3 Å². The number of carbonyl (C=O) groups is 1. The van der Waals surface area contributed by atoms with Gasteiger partial charge in [0.25, 0.3) is 5.91 Å². The molecule has 1 amide bonds. The molecule has 2 N–H and O–H groups in total. The molecule has 26 heavy (non-hydrogen) atoms. The van der Waals surface area contributed by atoms with E-state index in [0.717, 1.165) is 37.6 Å². The maximum Gasteiger partial charge on any atom is 0.251 e. The standard InChI is InChI=1S/C20H23FN2O3/c1-14-12-16(4-7-18(14)21)20(25)22-13-19(24)15-2-5-17(6-3-15)23-8-10-26-11-9-23/h2-7,12,19,24H,8-11,13H2,1H3,(H,22,25). The maximum absolute atomic E-state index is 13.3. The number of halogens is 1. The van der Waals surface area contributed by atoms with Gasteiger partial charge in [-0.3, -0.25) is 4.79 Å². The number of rotatable bonds is 5. The van der Waals surface area contributed by atoms with Crippen molar-refractivity contribution in [1.82, 2.24) is 5.32 Å². The van der Waals surface area contributed by atoms with Crippen molar-refractivity contribution in [3.05, 3.63) is 65.0 Å². The second-order valence-corrected chi connectivity index (χ2v) is 6.38. The summed E-state index contributed by atoms with van der Waals surface area (Å²) >= 11 is 0. The first-order chi connectivity index (χ1) is 12.5. The summed E-state index contributed by atoms with van der Waals surface area (Å²) in [5.41, 5.74) is 2.61. The lowest BCUT2D eigenvalue weighted by Crippen LogP contribution is -2.36. The summed E-state index contributed by atoms with van der Waals surface area (Å²) < 4.78 is 18.6. The van der Waals surface area contributed by atoms with Crippen LogP contribution in [0.2, 0.25) is 0 Å². The third-order valence-electron chi connectivity index (χ3n) is 4.53. The number of nitrogens with one attached hydrogen (secondary N) is 1. The number of aliphatic hydroxyl groups excluding tert-OH is 1. The second-order valence-electron chi connectivity index (χ2n) is 6.38. The Bertz CT molecular complexity index is 758. The van der Waals surface area contributed by atoms with Crippen LogP contribution in [0.25, 0.3) is 0 Å². The molecule has 6 heteroatoms. The number of nitrogens with zero attached hydrogens (tertiary/aromatic N) is 1. The van der Waals surface area contributed by atoms with Crippen molar-refractivity contribution < 1.29 is 19.0 Å². The molecule has 1 aliphatic heterocycles. The molecule has 0 aliphatic carbocycles. The van der Waals surface area contributed by atoms with E-state index in [1.165, 1.54) is 18.2 Å². The SMILES string of the molecule is Cc1cc(C(=O)NCC(O)c2ccc(N3CCOCC3)cc2)ccc1F. The summed E-state index contributed by atoms with van der Waals surface area (Å²) in [6.45, 7) is 4.85. The largest absolute Gasteiger partial charge is 0.387 e. The predicted octanol–water partition coefficient (Wildman–Crippen LogP) is 2.43. The third-order valence-corrected chi connectivity index (χ3v) is 4.53. The average molecular weight is 358 g/mol. The van der Waals surface area contributed by atoms with Crippen LogP contribution < -0.4 is 10.2 Å². The van der Waals surface area contributed by atoms with Gasteiger partial charge in [-0.25, -0.2) is 4.39 Å². The molecule has 0 aromatic heterocycles. The molecular formula is C20H23FN2O3. The van der Waals surface area contributed by atoms with Crippen molar-refractivity contribution in [1.29, 1.82) is 0 Å². The van der Waals surface area contributed by atoms with Crippen molar-refractivity contribution in [2.75, 3.05) is 37.7 Å². The van der Waals surface area contributed by atoms with E-state index in [0.29, 0.717) is 11.1 Å². The third kappa shape index (κ3) is 4.39. The Morgan fingerprint density at radius 3 is 2.58 bits per heavy atom. The minimum absolute atomic E-state index is 0.0894. The molecule has 0 radical (unpaired) electrons. The van der Waals surface area contributed by atoms with Crippen molar-refractivity contribution >= 4 is 11.6 Å². The van der Waals surface area contributed by atoms with Crippen LogP contribution in [0.4, 0.5) is 10.1 Å². The first-order valence-electron chi connectivity index (χ1n) is 8.69. The van der Waals surface area contributed by atoms with Crippen molar-refractivity contribution in [3.63, 3.8) is 0 Å². The Morgan fingerprint density at radius 1 is 1.23 bits per heavy atom. The normalized spacial score (nSPS) is 15.6. The highest BCUT2D eigenvalue weighted by atomic mass is 19.1. The van der Waals surface area contributed by atoms with Gasteiger partial charge in [-0.15, -0.1) is 0 Å². The quantitative estimate of drug-likeness (QED) is 0.862. The van der Waals surface area contributed by atoms with Crippen LogP contribution >= 0.6 is 0 Å². The monoisotopic (exact) mass is 358 g/mol. The number of morpholine rings is 1. The zero-order valence-corrected chi connectivity index (χ0v) is 14.7. The van der Waals surface area contributed by atoms with Crippen LogP contribution in [0.1, 0.15) is 27.6 Å². The number of hydrogen-bond acceptors (Lipinski definition) is 4. The Labute approximate surface area is 152 Å². The number of benzene rings is 2. The number of carbonyl (C=O) groups excluding carboxylic acids is 1. The molecule has 5 nitrogen and oxygen atoms in total. The fourth-order valence-electron chi connectivity index (χ4n) is 2.92. The van der Waals surface area contributed by atoms with Crippen molar-refractivity contribution in [2.24, 2.45) is 0 Å². The predicted molar refractivity (Wildman–Crippen MR) is 97.9 cm³/mol. The number of amides is 1. The van der Waals surface area contributed by atoms with E-state index in [9.17, 15) is 14.3 Å². The van der Waals surface area contributed by atoms with Gasteiger partial charge in [-0.1, -0.05) is 12.1 Å². The lowest BCUT2D eigenvalue weighted by Gasteiger charge is -2.29. The molecule has 1 saturated heterocycles. The number of aryl methyl sites for hydroxylation is 1. The minimum Gasteiger partial charge on any atom is -0.387 e. The first-order valence-corrected chi connectivity index (χ1v) is 8.69. The second kappa shape index (κ2) is 8.29. The Hall–Kier alpha value is -2.44. The van der Waals surface area contributed by atoms with Gasteiger partial charge in [0.15, 0.2) is 0 Å². The van der Waals surface area contributed by atoms with Gasteiger partial charge >= 0.3 is 0 Å². The zero-order chi connectivity index (χ0) is 18.5. The lowest BCUT2D eigenvalue weighted by molar-refractivity contribution is 0.0916. The molecule has 3 rings (SSSR count). The van der Waals surface area contributed by atoms with Gasteiger partial charge in [-0.05, 0) is 48.4 Å². The van der Waals surface area contributed by atoms with Gasteiger partial charge in [0.05, 0.1) is 19.3 Å². The summed E-state index contributed by atoms with van der Waals surface area (Å²) in [4.78, 5) is 14.4. The van der Waals surface area contributed by atoms with Crippen LogP contribution in [-0.4, -0.2) is 43.9 Å². The number of ether oxygens (including phenoxy) is 1. The molecule has 1 aliphatic rings. The Kier molecular flexibility index (Phi) is 5.85. The number of hydrogen-bond donors (Lipinski definition) is 2. The summed E-state index contributed by atoms with van der Waals surface area (Å²) in [5, 5.41) is 13.0. The molecule has 138 valence electrons. The van der Waals surface area contributed by atoms with Crippen molar-refractivity contribution in [2.45, 2.75) is 13.0 Å².